The van der Waals surface area contributed by atoms with Gasteiger partial charge in [0.15, 0.2) is 6.19 Å². The van der Waals surface area contributed by atoms with Gasteiger partial charge in [0.25, 0.3) is 5.91 Å². The van der Waals surface area contributed by atoms with E-state index in [-0.39, 0.29) is 24.0 Å². The smallest absolute Gasteiger partial charge is 0.347 e. The van der Waals surface area contributed by atoms with Gasteiger partial charge in [-0.1, -0.05) is 0 Å². The highest BCUT2D eigenvalue weighted by Gasteiger charge is 2.46. The Bertz CT molecular complexity index is 899. The molecule has 2 saturated heterocycles. The molecule has 0 unspecified atom stereocenters. The van der Waals surface area contributed by atoms with Crippen LogP contribution in [0.1, 0.15) is 35.2 Å². The molecule has 4 rings (SSSR count). The number of carbonyl (C=O) groups is 1. The van der Waals surface area contributed by atoms with E-state index in [1.807, 2.05) is 0 Å². The van der Waals surface area contributed by atoms with Gasteiger partial charge in [-0.05, 0) is 43.5 Å². The number of fused-ring (bicyclic) bond motifs is 2. The Kier molecular flexibility index (Phi) is 4.06. The lowest BCUT2D eigenvalue weighted by Crippen LogP contribution is -2.43. The minimum absolute atomic E-state index is 0.0492. The van der Waals surface area contributed by atoms with Gasteiger partial charge in [0.2, 0.25) is 0 Å². The summed E-state index contributed by atoms with van der Waals surface area (Å²) in [5, 5.41) is 15.9. The van der Waals surface area contributed by atoms with Crippen molar-refractivity contribution < 1.29 is 18.0 Å². The lowest BCUT2D eigenvalue weighted by Gasteiger charge is -2.21. The van der Waals surface area contributed by atoms with Crippen molar-refractivity contribution in [1.82, 2.24) is 20.0 Å². The third-order valence-electron chi connectivity index (χ3n) is 5.27. The number of nitrogens with zero attached hydrogens (tertiary/aromatic N) is 4. The second kappa shape index (κ2) is 6.30. The Morgan fingerprint density at radius 2 is 2.00 bits per heavy atom. The predicted octanol–water partition coefficient (Wildman–Crippen LogP) is 2.71. The Morgan fingerprint density at radius 1 is 1.26 bits per heavy atom. The summed E-state index contributed by atoms with van der Waals surface area (Å²) in [4.78, 5) is 14.2. The number of nitrogens with one attached hydrogen (secondary N) is 1. The van der Waals surface area contributed by atoms with Crippen molar-refractivity contribution in [3.63, 3.8) is 0 Å². The lowest BCUT2D eigenvalue weighted by molar-refractivity contribution is -0.137. The minimum Gasteiger partial charge on any atom is -0.347 e. The van der Waals surface area contributed by atoms with E-state index in [1.54, 1.807) is 29.2 Å². The molecule has 0 saturated carbocycles. The van der Waals surface area contributed by atoms with Crippen LogP contribution in [0, 0.1) is 11.5 Å². The standard InChI is InChI=1S/C18H16F3N5O/c19-18(20,21)12-8-23-26(9-12)13-3-1-11(2-4-13)17(27)24-15-7-14-5-6-16(15)25(14)10-22/h1-4,8-9,14-16H,5-7H2,(H,24,27)/t14-,15+,16+/m1/s1. The molecule has 2 fully saturated rings. The zero-order valence-corrected chi connectivity index (χ0v) is 14.1. The second-order valence-corrected chi connectivity index (χ2v) is 6.84. The fraction of sp³-hybridized carbons (Fsp3) is 0.389. The molecule has 3 heterocycles. The number of hydrogen-bond acceptors (Lipinski definition) is 4. The zero-order chi connectivity index (χ0) is 19.2. The van der Waals surface area contributed by atoms with Crippen molar-refractivity contribution in [2.45, 2.75) is 43.6 Å². The highest BCUT2D eigenvalue weighted by molar-refractivity contribution is 5.94. The summed E-state index contributed by atoms with van der Waals surface area (Å²) < 4.78 is 39.1. The maximum atomic E-state index is 12.7. The monoisotopic (exact) mass is 375 g/mol. The van der Waals surface area contributed by atoms with Gasteiger partial charge >= 0.3 is 6.18 Å². The second-order valence-electron chi connectivity index (χ2n) is 6.84. The third kappa shape index (κ3) is 3.12. The van der Waals surface area contributed by atoms with Gasteiger partial charge in [0.05, 0.1) is 29.5 Å². The number of nitriles is 1. The van der Waals surface area contributed by atoms with Crippen molar-refractivity contribution in [3.05, 3.63) is 47.8 Å². The highest BCUT2D eigenvalue weighted by Crippen LogP contribution is 2.37. The molecule has 1 aromatic carbocycles. The SMILES string of the molecule is N#CN1[C@@H]2CC[C@H]1[C@@H](NC(=O)c1ccc(-n3cc(C(F)(F)F)cn3)cc1)C2. The van der Waals surface area contributed by atoms with Crippen LogP contribution in [-0.4, -0.2) is 38.7 Å². The van der Waals surface area contributed by atoms with Gasteiger partial charge in [-0.3, -0.25) is 4.79 Å². The van der Waals surface area contributed by atoms with E-state index in [1.165, 1.54) is 0 Å². The van der Waals surface area contributed by atoms with Crippen LogP contribution in [0.15, 0.2) is 36.7 Å². The molecule has 0 aliphatic carbocycles. The molecule has 27 heavy (non-hydrogen) atoms. The van der Waals surface area contributed by atoms with Gasteiger partial charge in [0, 0.05) is 17.8 Å². The minimum atomic E-state index is -4.45. The van der Waals surface area contributed by atoms with E-state index < -0.39 is 11.7 Å². The maximum absolute atomic E-state index is 12.7. The molecule has 0 radical (unpaired) electrons. The fourth-order valence-electron chi connectivity index (χ4n) is 3.93. The van der Waals surface area contributed by atoms with Crippen molar-refractivity contribution in [1.29, 1.82) is 5.26 Å². The van der Waals surface area contributed by atoms with Crippen molar-refractivity contribution in [3.8, 4) is 11.9 Å². The van der Waals surface area contributed by atoms with Gasteiger partial charge < -0.3 is 10.2 Å². The lowest BCUT2D eigenvalue weighted by atomic mass is 9.95. The summed E-state index contributed by atoms with van der Waals surface area (Å²) >= 11 is 0. The first kappa shape index (κ1) is 17.4. The number of halogens is 3. The molecule has 2 bridgehead atoms. The molecule has 2 aliphatic heterocycles. The van der Waals surface area contributed by atoms with Crippen LogP contribution in [0.3, 0.4) is 0 Å². The van der Waals surface area contributed by atoms with E-state index in [2.05, 4.69) is 16.6 Å². The number of carbonyl (C=O) groups excluding carboxylic acids is 1. The molecule has 0 spiro atoms. The van der Waals surface area contributed by atoms with Crippen molar-refractivity contribution in [2.24, 2.45) is 0 Å². The molecule has 1 aromatic heterocycles. The Hall–Kier alpha value is -3.02. The van der Waals surface area contributed by atoms with Crippen LogP contribution in [0.25, 0.3) is 5.69 Å². The number of alkyl halides is 3. The summed E-state index contributed by atoms with van der Waals surface area (Å²) in [6.45, 7) is 0. The van der Waals surface area contributed by atoms with E-state index in [9.17, 15) is 23.2 Å². The molecule has 2 aromatic rings. The summed E-state index contributed by atoms with van der Waals surface area (Å²) in [5.41, 5.74) is 0.00788. The molecule has 9 heteroatoms. The number of hydrogen-bond donors (Lipinski definition) is 1. The first-order chi connectivity index (χ1) is 12.9. The van der Waals surface area contributed by atoms with Gasteiger partial charge in [0.1, 0.15) is 0 Å². The normalized spacial score (nSPS) is 24.1. The van der Waals surface area contributed by atoms with Crippen LogP contribution in [-0.2, 0) is 6.18 Å². The molecule has 140 valence electrons. The zero-order valence-electron chi connectivity index (χ0n) is 14.1. The number of rotatable bonds is 3. The van der Waals surface area contributed by atoms with Gasteiger partial charge in [-0.2, -0.15) is 23.5 Å². The van der Waals surface area contributed by atoms with Crippen LogP contribution in [0.5, 0.6) is 0 Å². The molecule has 1 amide bonds. The number of aromatic nitrogens is 2. The maximum Gasteiger partial charge on any atom is 0.419 e. The summed E-state index contributed by atoms with van der Waals surface area (Å²) in [7, 11) is 0. The Morgan fingerprint density at radius 3 is 2.59 bits per heavy atom. The Balaban J connectivity index is 1.44. The van der Waals surface area contributed by atoms with Crippen molar-refractivity contribution >= 4 is 5.91 Å². The summed E-state index contributed by atoms with van der Waals surface area (Å²) in [5.74, 6) is -0.256. The average Bonchev–Trinajstić information content (AvgIpc) is 3.35. The van der Waals surface area contributed by atoms with Crippen LogP contribution < -0.4 is 5.32 Å². The number of amides is 1. The van der Waals surface area contributed by atoms with E-state index in [4.69, 9.17) is 0 Å². The van der Waals surface area contributed by atoms with Gasteiger partial charge in [-0.25, -0.2) is 4.68 Å². The Labute approximate surface area is 153 Å². The van der Waals surface area contributed by atoms with Gasteiger partial charge in [-0.15, -0.1) is 0 Å². The third-order valence-corrected chi connectivity index (χ3v) is 5.27. The number of benzene rings is 1. The van der Waals surface area contributed by atoms with E-state index in [0.717, 1.165) is 36.3 Å². The highest BCUT2D eigenvalue weighted by atomic mass is 19.4. The molecule has 3 atom stereocenters. The fourth-order valence-corrected chi connectivity index (χ4v) is 3.93. The van der Waals surface area contributed by atoms with Crippen molar-refractivity contribution in [2.75, 3.05) is 0 Å². The molecular formula is C18H16F3N5O. The largest absolute Gasteiger partial charge is 0.419 e. The van der Waals surface area contributed by atoms with E-state index >= 15 is 0 Å². The molecule has 2 aliphatic rings. The van der Waals surface area contributed by atoms with Crippen LogP contribution in [0.2, 0.25) is 0 Å². The predicted molar refractivity (Wildman–Crippen MR) is 88.7 cm³/mol. The molecule has 1 N–H and O–H groups in total. The van der Waals surface area contributed by atoms with Crippen LogP contribution >= 0.6 is 0 Å². The first-order valence-corrected chi connectivity index (χ1v) is 8.58. The first-order valence-electron chi connectivity index (χ1n) is 8.58. The molecular weight excluding hydrogens is 359 g/mol. The average molecular weight is 375 g/mol. The topological polar surface area (TPSA) is 74.0 Å². The van der Waals surface area contributed by atoms with Crippen LogP contribution in [0.4, 0.5) is 13.2 Å². The summed E-state index contributed by atoms with van der Waals surface area (Å²) in [6, 6.07) is 6.39. The molecule has 6 nitrogen and oxygen atoms in total. The quantitative estimate of drug-likeness (QED) is 0.838. The van der Waals surface area contributed by atoms with E-state index in [0.29, 0.717) is 11.3 Å². The summed E-state index contributed by atoms with van der Waals surface area (Å²) in [6.07, 6.45) is 2.04.